The van der Waals surface area contributed by atoms with Crippen LogP contribution in [-0.2, 0) is 16.0 Å². The third-order valence-electron chi connectivity index (χ3n) is 6.66. The maximum absolute atomic E-state index is 14.2. The van der Waals surface area contributed by atoms with Crippen molar-refractivity contribution in [3.8, 4) is 5.82 Å². The number of nitrogens with zero attached hydrogens (tertiary/aromatic N) is 6. The first-order valence-electron chi connectivity index (χ1n) is 10.8. The summed E-state index contributed by atoms with van der Waals surface area (Å²) in [6.45, 7) is 3.46. The summed E-state index contributed by atoms with van der Waals surface area (Å²) in [5.74, 6) is 1.33. The van der Waals surface area contributed by atoms with E-state index in [4.69, 9.17) is 14.8 Å². The Labute approximate surface area is 178 Å². The summed E-state index contributed by atoms with van der Waals surface area (Å²) in [6.07, 6.45) is 3.87. The Morgan fingerprint density at radius 1 is 1.32 bits per heavy atom. The number of aryl methyl sites for hydroxylation is 1. The lowest BCUT2D eigenvalue weighted by Crippen LogP contribution is -2.45. The first-order valence-corrected chi connectivity index (χ1v) is 10.8. The number of nitrogens with one attached hydrogen (secondary N) is 1. The molecule has 1 saturated carbocycles. The Bertz CT molecular complexity index is 1150. The molecule has 9 nitrogen and oxygen atoms in total. The van der Waals surface area contributed by atoms with Crippen LogP contribution in [0.3, 0.4) is 0 Å². The van der Waals surface area contributed by atoms with Gasteiger partial charge in [0, 0.05) is 37.7 Å². The number of H-pyrrole nitrogens is 1. The summed E-state index contributed by atoms with van der Waals surface area (Å²) >= 11 is 0. The zero-order chi connectivity index (χ0) is 21.2. The van der Waals surface area contributed by atoms with Crippen LogP contribution in [0, 0.1) is 0 Å². The van der Waals surface area contributed by atoms with E-state index in [1.807, 2.05) is 12.1 Å². The molecule has 3 aliphatic rings. The predicted molar refractivity (Wildman–Crippen MR) is 112 cm³/mol. The molecule has 3 aromatic heterocycles. The number of morpholine rings is 1. The van der Waals surface area contributed by atoms with E-state index < -0.39 is 12.2 Å². The second-order valence-corrected chi connectivity index (χ2v) is 8.69. The van der Waals surface area contributed by atoms with Gasteiger partial charge in [-0.3, -0.25) is 9.89 Å². The number of ether oxygens (including phenoxy) is 1. The topological polar surface area (TPSA) is 92.2 Å². The number of alkyl halides is 1. The van der Waals surface area contributed by atoms with Gasteiger partial charge in [-0.2, -0.15) is 14.9 Å². The molecule has 0 aromatic carbocycles. The molecule has 1 amide bonds. The number of anilines is 2. The molecule has 1 atom stereocenters. The highest BCUT2D eigenvalue weighted by Crippen LogP contribution is 2.49. The summed E-state index contributed by atoms with van der Waals surface area (Å²) in [5.41, 5.74) is 1.42. The van der Waals surface area contributed by atoms with Gasteiger partial charge < -0.3 is 14.5 Å². The average molecular weight is 425 g/mol. The molecule has 0 radical (unpaired) electrons. The molecule has 31 heavy (non-hydrogen) atoms. The van der Waals surface area contributed by atoms with E-state index >= 15 is 0 Å². The van der Waals surface area contributed by atoms with Gasteiger partial charge in [-0.1, -0.05) is 0 Å². The van der Waals surface area contributed by atoms with E-state index in [1.165, 1.54) is 0 Å². The highest BCUT2D eigenvalue weighted by atomic mass is 19.1. The third-order valence-corrected chi connectivity index (χ3v) is 6.66. The molecule has 6 rings (SSSR count). The molecule has 0 unspecified atom stereocenters. The standard InChI is InChI=1S/C21H24FN7O2/c1-13-11-31-9-8-27(13)17-10-15-19-14(2-3-18(30)28(15)21(12-22)5-6-21)26-29(20(19)24-17)16-4-7-23-25-16/h4,7,10,13H,2-3,5-6,8-9,11-12H2,1H3,(H,23,25)/t13-/m1/s1. The maximum atomic E-state index is 14.2. The molecular formula is C21H24FN7O2. The number of pyridine rings is 1. The van der Waals surface area contributed by atoms with E-state index in [0.29, 0.717) is 62.6 Å². The molecule has 2 aliphatic heterocycles. The van der Waals surface area contributed by atoms with E-state index in [1.54, 1.807) is 15.8 Å². The summed E-state index contributed by atoms with van der Waals surface area (Å²) in [4.78, 5) is 22.1. The Morgan fingerprint density at radius 2 is 2.19 bits per heavy atom. The number of carbonyl (C=O) groups is 1. The number of hydrogen-bond donors (Lipinski definition) is 1. The number of aromatic nitrogens is 5. The monoisotopic (exact) mass is 425 g/mol. The van der Waals surface area contributed by atoms with E-state index in [2.05, 4.69) is 22.0 Å². The lowest BCUT2D eigenvalue weighted by atomic mass is 10.1. The van der Waals surface area contributed by atoms with Crippen molar-refractivity contribution in [1.82, 2.24) is 25.0 Å². The number of halogens is 1. The minimum Gasteiger partial charge on any atom is -0.377 e. The van der Waals surface area contributed by atoms with E-state index in [9.17, 15) is 9.18 Å². The first kappa shape index (κ1) is 18.7. The van der Waals surface area contributed by atoms with Gasteiger partial charge in [0.05, 0.1) is 41.6 Å². The van der Waals surface area contributed by atoms with Gasteiger partial charge in [0.15, 0.2) is 11.5 Å². The normalized spacial score (nSPS) is 22.8. The van der Waals surface area contributed by atoms with Crippen molar-refractivity contribution in [3.05, 3.63) is 24.0 Å². The van der Waals surface area contributed by atoms with Gasteiger partial charge in [-0.15, -0.1) is 0 Å². The molecule has 0 spiro atoms. The molecule has 2 fully saturated rings. The van der Waals surface area contributed by atoms with Crippen LogP contribution in [-0.4, -0.2) is 68.9 Å². The van der Waals surface area contributed by atoms with Crippen molar-refractivity contribution >= 4 is 28.4 Å². The lowest BCUT2D eigenvalue weighted by Gasteiger charge is -2.36. The Morgan fingerprint density at radius 3 is 2.90 bits per heavy atom. The summed E-state index contributed by atoms with van der Waals surface area (Å²) in [6, 6.07) is 3.92. The number of rotatable bonds is 4. The summed E-state index contributed by atoms with van der Waals surface area (Å²) in [7, 11) is 0. The fraction of sp³-hybridized carbons (Fsp3) is 0.524. The van der Waals surface area contributed by atoms with Crippen LogP contribution in [0.4, 0.5) is 15.9 Å². The van der Waals surface area contributed by atoms with Crippen LogP contribution in [0.15, 0.2) is 18.3 Å². The van der Waals surface area contributed by atoms with E-state index in [-0.39, 0.29) is 11.9 Å². The Kier molecular flexibility index (Phi) is 4.08. The first-order chi connectivity index (χ1) is 15.1. The zero-order valence-electron chi connectivity index (χ0n) is 17.3. The van der Waals surface area contributed by atoms with Crippen molar-refractivity contribution in [2.75, 3.05) is 36.2 Å². The average Bonchev–Trinajstić information content (AvgIpc) is 3.23. The van der Waals surface area contributed by atoms with Crippen LogP contribution >= 0.6 is 0 Å². The maximum Gasteiger partial charge on any atom is 0.228 e. The van der Waals surface area contributed by atoms with Crippen LogP contribution in [0.25, 0.3) is 16.9 Å². The van der Waals surface area contributed by atoms with Crippen LogP contribution < -0.4 is 9.80 Å². The highest BCUT2D eigenvalue weighted by Gasteiger charge is 2.52. The van der Waals surface area contributed by atoms with Crippen LogP contribution in [0.1, 0.15) is 31.9 Å². The molecule has 5 heterocycles. The smallest absolute Gasteiger partial charge is 0.228 e. The molecule has 1 saturated heterocycles. The third kappa shape index (κ3) is 2.77. The molecule has 10 heteroatoms. The van der Waals surface area contributed by atoms with Crippen molar-refractivity contribution in [3.63, 3.8) is 0 Å². The minimum atomic E-state index is -0.741. The second-order valence-electron chi connectivity index (χ2n) is 8.69. The molecule has 3 aromatic rings. The number of carbonyl (C=O) groups excluding carboxylic acids is 1. The van der Waals surface area contributed by atoms with Gasteiger partial charge in [-0.25, -0.2) is 9.37 Å². The highest BCUT2D eigenvalue weighted by molar-refractivity contribution is 6.07. The molecule has 162 valence electrons. The van der Waals surface area contributed by atoms with Gasteiger partial charge in [-0.05, 0) is 19.8 Å². The van der Waals surface area contributed by atoms with Gasteiger partial charge >= 0.3 is 0 Å². The molecule has 0 bridgehead atoms. The number of aromatic amines is 1. The fourth-order valence-corrected chi connectivity index (χ4v) is 4.80. The van der Waals surface area contributed by atoms with Gasteiger partial charge in [0.25, 0.3) is 0 Å². The Balaban J connectivity index is 1.63. The van der Waals surface area contributed by atoms with E-state index in [0.717, 1.165) is 16.9 Å². The lowest BCUT2D eigenvalue weighted by molar-refractivity contribution is -0.119. The molecule has 1 aliphatic carbocycles. The quantitative estimate of drug-likeness (QED) is 0.689. The number of amides is 1. The Hall–Kier alpha value is -3.01. The molecule has 1 N–H and O–H groups in total. The molecular weight excluding hydrogens is 401 g/mol. The van der Waals surface area contributed by atoms with Gasteiger partial charge in [0.1, 0.15) is 12.5 Å². The largest absolute Gasteiger partial charge is 0.377 e. The van der Waals surface area contributed by atoms with Crippen molar-refractivity contribution in [1.29, 1.82) is 0 Å². The van der Waals surface area contributed by atoms with Gasteiger partial charge in [0.2, 0.25) is 5.91 Å². The van der Waals surface area contributed by atoms with Crippen molar-refractivity contribution in [2.24, 2.45) is 0 Å². The SMILES string of the molecule is C[C@@H]1COCCN1c1cc2c3c(nn(-c4cc[nH]n4)c3n1)CCC(=O)N2C1(CF)CC1. The summed E-state index contributed by atoms with van der Waals surface area (Å²) in [5, 5.41) is 12.7. The minimum absolute atomic E-state index is 0.0482. The second kappa shape index (κ2) is 6.74. The van der Waals surface area contributed by atoms with Crippen molar-refractivity contribution in [2.45, 2.75) is 44.2 Å². The number of hydrogen-bond acceptors (Lipinski definition) is 6. The van der Waals surface area contributed by atoms with Crippen LogP contribution in [0.5, 0.6) is 0 Å². The van der Waals surface area contributed by atoms with Crippen LogP contribution in [0.2, 0.25) is 0 Å². The predicted octanol–water partition coefficient (Wildman–Crippen LogP) is 2.15. The van der Waals surface area contributed by atoms with Crippen molar-refractivity contribution < 1.29 is 13.9 Å². The fourth-order valence-electron chi connectivity index (χ4n) is 4.80. The summed E-state index contributed by atoms with van der Waals surface area (Å²) < 4.78 is 21.5. The zero-order valence-corrected chi connectivity index (χ0v) is 17.3.